The molecule has 2 heteroatoms. The van der Waals surface area contributed by atoms with Crippen LogP contribution in [-0.4, -0.2) is 8.80 Å². The van der Waals surface area contributed by atoms with Crippen molar-refractivity contribution in [2.45, 2.75) is 18.6 Å². The zero-order valence-electron chi connectivity index (χ0n) is 10.1. The fourth-order valence-corrected chi connectivity index (χ4v) is 5.38. The molecule has 0 saturated heterocycles. The van der Waals surface area contributed by atoms with Gasteiger partial charge in [0.2, 0.25) is 0 Å². The highest BCUT2D eigenvalue weighted by Crippen LogP contribution is 2.48. The van der Waals surface area contributed by atoms with Crippen LogP contribution >= 0.6 is 11.6 Å². The van der Waals surface area contributed by atoms with Gasteiger partial charge in [-0.15, -0.1) is 0 Å². The Morgan fingerprint density at radius 2 is 1.65 bits per heavy atom. The Labute approximate surface area is 109 Å². The van der Waals surface area contributed by atoms with Crippen molar-refractivity contribution >= 4 is 20.4 Å². The molecule has 0 spiro atoms. The van der Waals surface area contributed by atoms with Gasteiger partial charge >= 0.3 is 0 Å². The van der Waals surface area contributed by atoms with Gasteiger partial charge in [0.1, 0.15) is 0 Å². The minimum atomic E-state index is -0.810. The fraction of sp³-hybridized carbons (Fsp3) is 0.200. The molecule has 2 aromatic rings. The number of hydrogen-bond acceptors (Lipinski definition) is 0. The van der Waals surface area contributed by atoms with E-state index >= 15 is 0 Å². The second kappa shape index (κ2) is 4.00. The van der Waals surface area contributed by atoms with Crippen LogP contribution in [0.3, 0.4) is 0 Å². The monoisotopic (exact) mass is 258 g/mol. The van der Waals surface area contributed by atoms with Crippen molar-refractivity contribution in [3.05, 3.63) is 58.6 Å². The van der Waals surface area contributed by atoms with Gasteiger partial charge in [-0.05, 0) is 28.3 Å². The van der Waals surface area contributed by atoms with Crippen molar-refractivity contribution in [2.75, 3.05) is 0 Å². The maximum Gasteiger partial charge on any atom is 0.0447 e. The van der Waals surface area contributed by atoms with E-state index in [4.69, 9.17) is 11.6 Å². The van der Waals surface area contributed by atoms with E-state index in [2.05, 4.69) is 49.5 Å². The van der Waals surface area contributed by atoms with Crippen LogP contribution < -0.4 is 0 Å². The Kier molecular flexibility index (Phi) is 2.61. The van der Waals surface area contributed by atoms with E-state index in [1.165, 1.54) is 22.3 Å². The predicted molar refractivity (Wildman–Crippen MR) is 77.6 cm³/mol. The first-order valence-corrected chi connectivity index (χ1v) is 9.43. The summed E-state index contributed by atoms with van der Waals surface area (Å²) in [6.45, 7) is 4.81. The van der Waals surface area contributed by atoms with E-state index < -0.39 is 8.80 Å². The molecule has 0 N–H and O–H groups in total. The summed E-state index contributed by atoms with van der Waals surface area (Å²) in [5.41, 5.74) is 6.17. The average Bonchev–Trinajstić information content (AvgIpc) is 2.65. The quantitative estimate of drug-likeness (QED) is 0.662. The predicted octanol–water partition coefficient (Wildman–Crippen LogP) is 4.48. The third-order valence-electron chi connectivity index (χ3n) is 3.62. The summed E-state index contributed by atoms with van der Waals surface area (Å²) in [5.74, 6) is 0. The molecule has 0 amide bonds. The molecule has 0 saturated carbocycles. The summed E-state index contributed by atoms with van der Waals surface area (Å²) in [5, 5.41) is 0.935. The Balaban J connectivity index is 2.34. The Morgan fingerprint density at radius 3 is 2.41 bits per heavy atom. The SMILES string of the molecule is C[SiH](C)C1c2ccccc2-c2cccc(Cl)c21. The molecule has 0 fully saturated rings. The van der Waals surface area contributed by atoms with E-state index in [0.29, 0.717) is 5.54 Å². The van der Waals surface area contributed by atoms with E-state index in [-0.39, 0.29) is 0 Å². The molecule has 1 aliphatic rings. The Bertz CT molecular complexity index is 575. The molecule has 0 bridgehead atoms. The third kappa shape index (κ3) is 1.57. The molecule has 3 rings (SSSR count). The molecule has 0 nitrogen and oxygen atoms in total. The van der Waals surface area contributed by atoms with Gasteiger partial charge in [0.15, 0.2) is 0 Å². The number of benzene rings is 2. The number of fused-ring (bicyclic) bond motifs is 3. The van der Waals surface area contributed by atoms with Crippen molar-refractivity contribution in [2.24, 2.45) is 0 Å². The van der Waals surface area contributed by atoms with Crippen molar-refractivity contribution in [3.8, 4) is 11.1 Å². The summed E-state index contributed by atoms with van der Waals surface area (Å²) in [6, 6.07) is 15.0. The highest BCUT2D eigenvalue weighted by atomic mass is 35.5. The van der Waals surface area contributed by atoms with Crippen molar-refractivity contribution < 1.29 is 0 Å². The van der Waals surface area contributed by atoms with E-state index in [1.54, 1.807) is 0 Å². The van der Waals surface area contributed by atoms with Gasteiger partial charge in [-0.1, -0.05) is 61.1 Å². The van der Waals surface area contributed by atoms with Crippen LogP contribution in [-0.2, 0) is 0 Å². The van der Waals surface area contributed by atoms with Gasteiger partial charge in [-0.2, -0.15) is 0 Å². The minimum absolute atomic E-state index is 0.579. The summed E-state index contributed by atoms with van der Waals surface area (Å²) < 4.78 is 0. The van der Waals surface area contributed by atoms with Crippen molar-refractivity contribution in [1.82, 2.24) is 0 Å². The van der Waals surface area contributed by atoms with Crippen LogP contribution in [0.25, 0.3) is 11.1 Å². The molecule has 0 heterocycles. The molecule has 2 aromatic carbocycles. The second-order valence-electron chi connectivity index (χ2n) is 5.01. The van der Waals surface area contributed by atoms with Gasteiger partial charge in [0, 0.05) is 19.4 Å². The number of halogens is 1. The Hall–Kier alpha value is -1.05. The lowest BCUT2D eigenvalue weighted by molar-refractivity contribution is 1.16. The molecular weight excluding hydrogens is 244 g/mol. The summed E-state index contributed by atoms with van der Waals surface area (Å²) >= 11 is 6.42. The second-order valence-corrected chi connectivity index (χ2v) is 8.57. The largest absolute Gasteiger partial charge is 0.0840 e. The lowest BCUT2D eigenvalue weighted by atomic mass is 10.1. The van der Waals surface area contributed by atoms with Crippen LogP contribution in [0, 0.1) is 0 Å². The van der Waals surface area contributed by atoms with Crippen LogP contribution in [0.15, 0.2) is 42.5 Å². The maximum absolute atomic E-state index is 6.42. The first-order chi connectivity index (χ1) is 8.20. The highest BCUT2D eigenvalue weighted by molar-refractivity contribution is 6.59. The zero-order valence-corrected chi connectivity index (χ0v) is 12.0. The zero-order chi connectivity index (χ0) is 12.0. The topological polar surface area (TPSA) is 0 Å². The highest BCUT2D eigenvalue weighted by Gasteiger charge is 2.32. The molecule has 1 atom stereocenters. The van der Waals surface area contributed by atoms with Gasteiger partial charge in [0.05, 0.1) is 0 Å². The standard InChI is InChI=1S/C15H15ClSi/c1-17(2)15-12-7-4-3-6-10(12)11-8-5-9-13(16)14(11)15/h3-9,15,17H,1-2H3. The van der Waals surface area contributed by atoms with Crippen LogP contribution in [0.1, 0.15) is 16.7 Å². The van der Waals surface area contributed by atoms with Crippen LogP contribution in [0.5, 0.6) is 0 Å². The van der Waals surface area contributed by atoms with E-state index in [1.807, 2.05) is 6.07 Å². The lowest BCUT2D eigenvalue weighted by Crippen LogP contribution is -2.15. The van der Waals surface area contributed by atoms with E-state index in [0.717, 1.165) is 5.02 Å². The normalized spacial score (nSPS) is 17.1. The molecule has 17 heavy (non-hydrogen) atoms. The molecule has 1 aliphatic carbocycles. The van der Waals surface area contributed by atoms with Gasteiger partial charge in [-0.3, -0.25) is 0 Å². The smallest absolute Gasteiger partial charge is 0.0447 e. The average molecular weight is 259 g/mol. The van der Waals surface area contributed by atoms with Crippen LogP contribution in [0.2, 0.25) is 18.1 Å². The molecule has 86 valence electrons. The van der Waals surface area contributed by atoms with Gasteiger partial charge in [0.25, 0.3) is 0 Å². The molecular formula is C15H15ClSi. The molecule has 1 unspecified atom stereocenters. The minimum Gasteiger partial charge on any atom is -0.0840 e. The number of hydrogen-bond donors (Lipinski definition) is 0. The van der Waals surface area contributed by atoms with Gasteiger partial charge in [-0.25, -0.2) is 0 Å². The summed E-state index contributed by atoms with van der Waals surface area (Å²) in [7, 11) is -0.810. The first kappa shape index (κ1) is 11.1. The lowest BCUT2D eigenvalue weighted by Gasteiger charge is -2.17. The van der Waals surface area contributed by atoms with Gasteiger partial charge < -0.3 is 0 Å². The maximum atomic E-state index is 6.42. The first-order valence-electron chi connectivity index (χ1n) is 6.08. The summed E-state index contributed by atoms with van der Waals surface area (Å²) in [6.07, 6.45) is 0. The number of rotatable bonds is 1. The molecule has 0 aliphatic heterocycles. The van der Waals surface area contributed by atoms with Crippen molar-refractivity contribution in [1.29, 1.82) is 0 Å². The van der Waals surface area contributed by atoms with Crippen LogP contribution in [0.4, 0.5) is 0 Å². The fourth-order valence-electron chi connectivity index (χ4n) is 2.95. The molecule has 0 radical (unpaired) electrons. The molecule has 0 aromatic heterocycles. The van der Waals surface area contributed by atoms with E-state index in [9.17, 15) is 0 Å². The summed E-state index contributed by atoms with van der Waals surface area (Å²) in [4.78, 5) is 0. The van der Waals surface area contributed by atoms with Crippen molar-refractivity contribution in [3.63, 3.8) is 0 Å². The Morgan fingerprint density at radius 1 is 0.941 bits per heavy atom. The third-order valence-corrected chi connectivity index (χ3v) is 5.97.